The van der Waals surface area contributed by atoms with Crippen LogP contribution >= 0.6 is 0 Å². The third-order valence-corrected chi connectivity index (χ3v) is 6.77. The summed E-state index contributed by atoms with van der Waals surface area (Å²) in [6.45, 7) is 0.603. The first kappa shape index (κ1) is 24.1. The van der Waals surface area contributed by atoms with Gasteiger partial charge in [0.05, 0.1) is 19.1 Å². The third-order valence-electron chi connectivity index (χ3n) is 6.77. The van der Waals surface area contributed by atoms with Crippen LogP contribution in [0.3, 0.4) is 0 Å². The molecule has 14 heteroatoms. The number of halogens is 6. The van der Waals surface area contributed by atoms with Crippen LogP contribution in [0.15, 0.2) is 6.20 Å². The Morgan fingerprint density at radius 3 is 2.54 bits per heavy atom. The number of aromatic nitrogens is 5. The van der Waals surface area contributed by atoms with Crippen LogP contribution in [0.25, 0.3) is 0 Å². The molecular formula is C21H24F6N6O2. The van der Waals surface area contributed by atoms with E-state index >= 15 is 0 Å². The number of alkyl halides is 6. The van der Waals surface area contributed by atoms with Crippen molar-refractivity contribution in [3.63, 3.8) is 0 Å². The monoisotopic (exact) mass is 506 g/mol. The average molecular weight is 506 g/mol. The molecule has 35 heavy (non-hydrogen) atoms. The Bertz CT molecular complexity index is 1050. The number of rotatable bonds is 5. The van der Waals surface area contributed by atoms with Gasteiger partial charge < -0.3 is 19.4 Å². The summed E-state index contributed by atoms with van der Waals surface area (Å²) in [6.07, 6.45) is -5.97. The lowest BCUT2D eigenvalue weighted by Crippen LogP contribution is -2.39. The fourth-order valence-electron chi connectivity index (χ4n) is 4.83. The molecule has 0 bridgehead atoms. The van der Waals surface area contributed by atoms with Crippen LogP contribution in [-0.4, -0.2) is 56.3 Å². The fraction of sp³-hybridized carbons (Fsp3) is 0.714. The summed E-state index contributed by atoms with van der Waals surface area (Å²) in [6, 6.07) is -0.148. The molecule has 3 aliphatic rings. The molecule has 2 aromatic heterocycles. The van der Waals surface area contributed by atoms with E-state index in [0.29, 0.717) is 24.3 Å². The molecule has 8 nitrogen and oxygen atoms in total. The Balaban J connectivity index is 1.28. The third kappa shape index (κ3) is 5.16. The zero-order chi connectivity index (χ0) is 24.8. The first-order valence-electron chi connectivity index (χ1n) is 11.5. The molecule has 0 spiro atoms. The van der Waals surface area contributed by atoms with E-state index in [2.05, 4.69) is 25.5 Å². The Labute approximate surface area is 196 Å². The second-order valence-corrected chi connectivity index (χ2v) is 9.25. The van der Waals surface area contributed by atoms with Crippen molar-refractivity contribution in [2.75, 3.05) is 18.5 Å². The quantitative estimate of drug-likeness (QED) is 0.611. The molecule has 1 saturated heterocycles. The first-order valence-corrected chi connectivity index (χ1v) is 11.5. The normalized spacial score (nSPS) is 25.6. The molecule has 2 aliphatic heterocycles. The molecule has 0 aromatic carbocycles. The number of anilines is 1. The first-order chi connectivity index (χ1) is 16.6. The predicted octanol–water partition coefficient (Wildman–Crippen LogP) is 4.13. The van der Waals surface area contributed by atoms with Gasteiger partial charge in [-0.2, -0.15) is 31.3 Å². The van der Waals surface area contributed by atoms with Crippen molar-refractivity contribution in [3.05, 3.63) is 23.4 Å². The van der Waals surface area contributed by atoms with Crippen molar-refractivity contribution in [2.45, 2.75) is 75.5 Å². The number of fused-ring (bicyclic) bond motifs is 1. The highest BCUT2D eigenvalue weighted by Crippen LogP contribution is 2.39. The van der Waals surface area contributed by atoms with Crippen LogP contribution in [0.4, 0.5) is 32.3 Å². The lowest BCUT2D eigenvalue weighted by Gasteiger charge is -2.31. The fourth-order valence-corrected chi connectivity index (χ4v) is 4.83. The smallest absolute Gasteiger partial charge is 0.423 e. The van der Waals surface area contributed by atoms with Gasteiger partial charge in [-0.15, -0.1) is 10.2 Å². The van der Waals surface area contributed by atoms with Crippen molar-refractivity contribution in [2.24, 2.45) is 5.92 Å². The van der Waals surface area contributed by atoms with Gasteiger partial charge in [0.2, 0.25) is 11.8 Å². The van der Waals surface area contributed by atoms with Crippen LogP contribution in [0.5, 0.6) is 5.88 Å². The van der Waals surface area contributed by atoms with Crippen LogP contribution in [0.1, 0.15) is 55.2 Å². The highest BCUT2D eigenvalue weighted by atomic mass is 19.4. The molecule has 2 fully saturated rings. The molecule has 2 aromatic rings. The number of hydrogen-bond acceptors (Lipinski definition) is 7. The standard InChI is InChI=1S/C21H24F6N6O2/c22-20(23,24)12-4-5-33-16(7-12)31-32-17(33)11-2-1-3-13(6-11)29-19-28-8-15(21(25,26)27)18(30-19)35-14-9-34-10-14/h8,11-14H,1-7,9-10H2,(H,28,29,30)/t11-,12-,13+/m0/s1. The number of hydrogen-bond donors (Lipinski definition) is 1. The summed E-state index contributed by atoms with van der Waals surface area (Å²) in [4.78, 5) is 7.83. The summed E-state index contributed by atoms with van der Waals surface area (Å²) in [5.74, 6) is -0.961. The van der Waals surface area contributed by atoms with Crippen molar-refractivity contribution in [1.29, 1.82) is 0 Å². The zero-order valence-corrected chi connectivity index (χ0v) is 18.6. The highest BCUT2D eigenvalue weighted by Gasteiger charge is 2.43. The van der Waals surface area contributed by atoms with Gasteiger partial charge in [0.1, 0.15) is 23.3 Å². The van der Waals surface area contributed by atoms with Gasteiger partial charge in [0.15, 0.2) is 0 Å². The molecule has 3 atom stereocenters. The van der Waals surface area contributed by atoms with Crippen LogP contribution in [-0.2, 0) is 23.9 Å². The Morgan fingerprint density at radius 1 is 1.06 bits per heavy atom. The molecule has 0 amide bonds. The number of ether oxygens (including phenoxy) is 2. The van der Waals surface area contributed by atoms with E-state index in [9.17, 15) is 26.3 Å². The molecule has 1 aliphatic carbocycles. The average Bonchev–Trinajstić information content (AvgIpc) is 3.19. The Morgan fingerprint density at radius 2 is 1.86 bits per heavy atom. The SMILES string of the molecule is FC(F)(F)c1cnc(N[C@@H]2CCC[C@H](c3nnc4n3CC[C@H](C(F)(F)F)C4)C2)nc1OC1COC1. The Kier molecular flexibility index (Phi) is 6.26. The predicted molar refractivity (Wildman–Crippen MR) is 109 cm³/mol. The van der Waals surface area contributed by atoms with Crippen molar-refractivity contribution in [1.82, 2.24) is 24.7 Å². The Hall–Kier alpha value is -2.64. The largest absolute Gasteiger partial charge is 0.469 e. The van der Waals surface area contributed by atoms with Gasteiger partial charge in [-0.05, 0) is 25.7 Å². The highest BCUT2D eigenvalue weighted by molar-refractivity contribution is 5.36. The maximum Gasteiger partial charge on any atom is 0.423 e. The lowest BCUT2D eigenvalue weighted by atomic mass is 9.85. The molecule has 0 radical (unpaired) electrons. The van der Waals surface area contributed by atoms with Gasteiger partial charge in [-0.1, -0.05) is 6.42 Å². The molecule has 0 unspecified atom stereocenters. The minimum absolute atomic E-state index is 0.00978. The zero-order valence-electron chi connectivity index (χ0n) is 18.6. The summed E-state index contributed by atoms with van der Waals surface area (Å²) >= 11 is 0. The van der Waals surface area contributed by atoms with Gasteiger partial charge >= 0.3 is 12.4 Å². The molecule has 5 rings (SSSR count). The van der Waals surface area contributed by atoms with Crippen LogP contribution in [0, 0.1) is 5.92 Å². The van der Waals surface area contributed by atoms with Gasteiger partial charge in [0.25, 0.3) is 0 Å². The summed E-state index contributed by atoms with van der Waals surface area (Å²) in [5.41, 5.74) is -1.05. The summed E-state index contributed by atoms with van der Waals surface area (Å²) in [5, 5.41) is 11.3. The van der Waals surface area contributed by atoms with Crippen LogP contribution < -0.4 is 10.1 Å². The van der Waals surface area contributed by atoms with Crippen molar-refractivity contribution >= 4 is 5.95 Å². The second kappa shape index (κ2) is 9.10. The molecular weight excluding hydrogens is 482 g/mol. The minimum Gasteiger partial charge on any atom is -0.469 e. The molecule has 1 saturated carbocycles. The second-order valence-electron chi connectivity index (χ2n) is 9.25. The summed E-state index contributed by atoms with van der Waals surface area (Å²) < 4.78 is 91.5. The van der Waals surface area contributed by atoms with E-state index in [0.717, 1.165) is 19.3 Å². The number of nitrogens with zero attached hydrogens (tertiary/aromatic N) is 5. The van der Waals surface area contributed by atoms with E-state index in [1.807, 2.05) is 0 Å². The van der Waals surface area contributed by atoms with Crippen molar-refractivity contribution < 1.29 is 35.8 Å². The maximum absolute atomic E-state index is 13.4. The lowest BCUT2D eigenvalue weighted by molar-refractivity contribution is -0.179. The van der Waals surface area contributed by atoms with E-state index in [-0.39, 0.29) is 50.5 Å². The topological polar surface area (TPSA) is 87.0 Å². The van der Waals surface area contributed by atoms with E-state index < -0.39 is 35.8 Å². The van der Waals surface area contributed by atoms with Gasteiger partial charge in [-0.25, -0.2) is 4.98 Å². The van der Waals surface area contributed by atoms with Gasteiger partial charge in [0, 0.05) is 31.1 Å². The number of nitrogens with one attached hydrogen (secondary N) is 1. The summed E-state index contributed by atoms with van der Waals surface area (Å²) in [7, 11) is 0. The minimum atomic E-state index is -4.66. The maximum atomic E-state index is 13.4. The van der Waals surface area contributed by atoms with E-state index in [1.165, 1.54) is 0 Å². The molecule has 4 heterocycles. The van der Waals surface area contributed by atoms with Crippen molar-refractivity contribution in [3.8, 4) is 5.88 Å². The van der Waals surface area contributed by atoms with Crippen LogP contribution in [0.2, 0.25) is 0 Å². The molecule has 192 valence electrons. The van der Waals surface area contributed by atoms with Gasteiger partial charge in [-0.3, -0.25) is 0 Å². The molecule has 1 N–H and O–H groups in total. The van der Waals surface area contributed by atoms with E-state index in [4.69, 9.17) is 9.47 Å². The van der Waals surface area contributed by atoms with E-state index in [1.54, 1.807) is 4.57 Å².